The zero-order chi connectivity index (χ0) is 15.5. The van der Waals surface area contributed by atoms with Crippen molar-refractivity contribution in [2.45, 2.75) is 77.1 Å². The highest BCUT2D eigenvalue weighted by atomic mass is 16.6. The first-order chi connectivity index (χ1) is 9.83. The molecule has 2 N–H and O–H groups in total. The first kappa shape index (κ1) is 16.6. The third-order valence-corrected chi connectivity index (χ3v) is 4.29. The van der Waals surface area contributed by atoms with E-state index in [0.29, 0.717) is 12.6 Å². The summed E-state index contributed by atoms with van der Waals surface area (Å²) in [5, 5.41) is 6.49. The van der Waals surface area contributed by atoms with Crippen LogP contribution < -0.4 is 10.6 Å². The Morgan fingerprint density at radius 1 is 1.33 bits per heavy atom. The van der Waals surface area contributed by atoms with Crippen LogP contribution in [0.5, 0.6) is 0 Å². The molecule has 0 aromatic carbocycles. The molecule has 0 bridgehead atoms. The van der Waals surface area contributed by atoms with E-state index >= 15 is 0 Å². The van der Waals surface area contributed by atoms with Crippen LogP contribution in [0.2, 0.25) is 0 Å². The number of carbonyl (C=O) groups is 1. The van der Waals surface area contributed by atoms with Crippen molar-refractivity contribution >= 4 is 6.09 Å². The average molecular weight is 297 g/mol. The van der Waals surface area contributed by atoms with E-state index in [2.05, 4.69) is 22.5 Å². The summed E-state index contributed by atoms with van der Waals surface area (Å²) in [6, 6.07) is 1.64. The van der Waals surface area contributed by atoms with Gasteiger partial charge >= 0.3 is 6.09 Å². The lowest BCUT2D eigenvalue weighted by atomic mass is 9.97. The number of rotatable bonds is 4. The normalized spacial score (nSPS) is 28.0. The molecule has 3 atom stereocenters. The van der Waals surface area contributed by atoms with Crippen molar-refractivity contribution in [2.75, 3.05) is 19.6 Å². The molecule has 0 aliphatic carbocycles. The Kier molecular flexibility index (Phi) is 5.49. The van der Waals surface area contributed by atoms with Crippen LogP contribution in [0.4, 0.5) is 4.79 Å². The summed E-state index contributed by atoms with van der Waals surface area (Å²) in [5.41, 5.74) is -0.434. The Morgan fingerprint density at radius 2 is 2.10 bits per heavy atom. The maximum absolute atomic E-state index is 11.6. The van der Waals surface area contributed by atoms with Gasteiger partial charge in [0.15, 0.2) is 0 Å². The van der Waals surface area contributed by atoms with Crippen LogP contribution >= 0.6 is 0 Å². The van der Waals surface area contributed by atoms with Crippen LogP contribution in [0.15, 0.2) is 0 Å². The molecule has 0 radical (unpaired) electrons. The van der Waals surface area contributed by atoms with Crippen molar-refractivity contribution in [1.29, 1.82) is 0 Å². The number of nitrogens with zero attached hydrogens (tertiary/aromatic N) is 1. The van der Waals surface area contributed by atoms with Gasteiger partial charge in [0, 0.05) is 24.7 Å². The topological polar surface area (TPSA) is 53.6 Å². The largest absolute Gasteiger partial charge is 0.444 e. The number of ether oxygens (including phenoxy) is 1. The van der Waals surface area contributed by atoms with Crippen LogP contribution in [0.1, 0.15) is 53.4 Å². The average Bonchev–Trinajstić information content (AvgIpc) is 2.81. The minimum Gasteiger partial charge on any atom is -0.444 e. The molecule has 0 aromatic rings. The van der Waals surface area contributed by atoms with E-state index in [0.717, 1.165) is 6.04 Å². The zero-order valence-corrected chi connectivity index (χ0v) is 13.9. The van der Waals surface area contributed by atoms with Gasteiger partial charge in [-0.05, 0) is 66.5 Å². The number of nitrogens with one attached hydrogen (secondary N) is 2. The van der Waals surface area contributed by atoms with Gasteiger partial charge in [0.25, 0.3) is 0 Å². The SMILES string of the molecule is CC(CNC(=O)OC(C)(C)C)NC1CCN2CCCC2C1. The summed E-state index contributed by atoms with van der Waals surface area (Å²) in [4.78, 5) is 14.3. The monoisotopic (exact) mass is 297 g/mol. The van der Waals surface area contributed by atoms with Gasteiger partial charge in [0.1, 0.15) is 5.60 Å². The van der Waals surface area contributed by atoms with Crippen molar-refractivity contribution in [3.05, 3.63) is 0 Å². The molecular formula is C16H31N3O2. The number of alkyl carbamates (subject to hydrolysis) is 1. The van der Waals surface area contributed by atoms with Gasteiger partial charge in [-0.1, -0.05) is 0 Å². The molecule has 122 valence electrons. The number of fused-ring (bicyclic) bond motifs is 1. The van der Waals surface area contributed by atoms with Crippen LogP contribution in [-0.2, 0) is 4.74 Å². The van der Waals surface area contributed by atoms with E-state index in [1.807, 2.05) is 20.8 Å². The molecule has 5 nitrogen and oxygen atoms in total. The van der Waals surface area contributed by atoms with E-state index in [-0.39, 0.29) is 12.1 Å². The van der Waals surface area contributed by atoms with Crippen LogP contribution in [0, 0.1) is 0 Å². The molecule has 0 aromatic heterocycles. The fourth-order valence-electron chi connectivity index (χ4n) is 3.39. The number of piperidine rings is 1. The second-order valence-electron chi connectivity index (χ2n) is 7.50. The van der Waals surface area contributed by atoms with Gasteiger partial charge in [0.2, 0.25) is 0 Å². The van der Waals surface area contributed by atoms with Gasteiger partial charge in [-0.25, -0.2) is 4.79 Å². The number of hydrogen-bond donors (Lipinski definition) is 2. The van der Waals surface area contributed by atoms with E-state index in [4.69, 9.17) is 4.74 Å². The number of amides is 1. The van der Waals surface area contributed by atoms with Crippen molar-refractivity contribution in [3.63, 3.8) is 0 Å². The van der Waals surface area contributed by atoms with E-state index in [9.17, 15) is 4.79 Å². The summed E-state index contributed by atoms with van der Waals surface area (Å²) >= 11 is 0. The molecule has 1 amide bonds. The lowest BCUT2D eigenvalue weighted by molar-refractivity contribution is 0.0521. The molecule has 3 unspecified atom stereocenters. The molecule has 2 fully saturated rings. The number of carbonyl (C=O) groups excluding carboxylic acids is 1. The highest BCUT2D eigenvalue weighted by Gasteiger charge is 2.31. The van der Waals surface area contributed by atoms with Gasteiger partial charge < -0.3 is 20.3 Å². The molecule has 2 heterocycles. The van der Waals surface area contributed by atoms with Crippen molar-refractivity contribution in [2.24, 2.45) is 0 Å². The Balaban J connectivity index is 1.65. The first-order valence-electron chi connectivity index (χ1n) is 8.30. The van der Waals surface area contributed by atoms with Crippen molar-refractivity contribution in [3.8, 4) is 0 Å². The van der Waals surface area contributed by atoms with E-state index in [1.165, 1.54) is 38.8 Å². The Hall–Kier alpha value is -0.810. The minimum atomic E-state index is -0.434. The third-order valence-electron chi connectivity index (χ3n) is 4.29. The van der Waals surface area contributed by atoms with Crippen LogP contribution in [-0.4, -0.2) is 54.4 Å². The highest BCUT2D eigenvalue weighted by Crippen LogP contribution is 2.26. The van der Waals surface area contributed by atoms with Crippen LogP contribution in [0.3, 0.4) is 0 Å². The maximum atomic E-state index is 11.6. The predicted octanol–water partition coefficient (Wildman–Crippen LogP) is 2.12. The van der Waals surface area contributed by atoms with Gasteiger partial charge in [-0.3, -0.25) is 0 Å². The standard InChI is InChI=1S/C16H31N3O2/c1-12(11-17-15(20)21-16(2,3)4)18-13-7-9-19-8-5-6-14(19)10-13/h12-14,18H,5-11H2,1-4H3,(H,17,20). The van der Waals surface area contributed by atoms with Crippen molar-refractivity contribution in [1.82, 2.24) is 15.5 Å². The second kappa shape index (κ2) is 6.97. The summed E-state index contributed by atoms with van der Waals surface area (Å²) in [5.74, 6) is 0. The molecule has 2 aliphatic rings. The zero-order valence-electron chi connectivity index (χ0n) is 13.9. The molecule has 2 aliphatic heterocycles. The third kappa shape index (κ3) is 5.47. The Labute approximate surface area is 128 Å². The summed E-state index contributed by atoms with van der Waals surface area (Å²) in [7, 11) is 0. The molecular weight excluding hydrogens is 266 g/mol. The lowest BCUT2D eigenvalue weighted by Crippen LogP contribution is -2.50. The smallest absolute Gasteiger partial charge is 0.407 e. The Bertz CT molecular complexity index is 354. The van der Waals surface area contributed by atoms with Gasteiger partial charge in [0.05, 0.1) is 0 Å². The second-order valence-corrected chi connectivity index (χ2v) is 7.50. The molecule has 2 saturated heterocycles. The summed E-state index contributed by atoms with van der Waals surface area (Å²) < 4.78 is 5.25. The minimum absolute atomic E-state index is 0.274. The molecule has 5 heteroatoms. The molecule has 21 heavy (non-hydrogen) atoms. The quantitative estimate of drug-likeness (QED) is 0.834. The highest BCUT2D eigenvalue weighted by molar-refractivity contribution is 5.67. The van der Waals surface area contributed by atoms with E-state index < -0.39 is 5.60 Å². The first-order valence-corrected chi connectivity index (χ1v) is 8.30. The molecule has 0 spiro atoms. The summed E-state index contributed by atoms with van der Waals surface area (Å²) in [6.07, 6.45) is 4.83. The van der Waals surface area contributed by atoms with Gasteiger partial charge in [-0.15, -0.1) is 0 Å². The Morgan fingerprint density at radius 3 is 2.81 bits per heavy atom. The number of hydrogen-bond acceptors (Lipinski definition) is 4. The predicted molar refractivity (Wildman–Crippen MR) is 84.5 cm³/mol. The molecule has 2 rings (SSSR count). The fraction of sp³-hybridized carbons (Fsp3) is 0.938. The lowest BCUT2D eigenvalue weighted by Gasteiger charge is -2.36. The molecule has 0 saturated carbocycles. The van der Waals surface area contributed by atoms with Crippen molar-refractivity contribution < 1.29 is 9.53 Å². The van der Waals surface area contributed by atoms with E-state index in [1.54, 1.807) is 0 Å². The maximum Gasteiger partial charge on any atom is 0.407 e. The van der Waals surface area contributed by atoms with Gasteiger partial charge in [-0.2, -0.15) is 0 Å². The fourth-order valence-corrected chi connectivity index (χ4v) is 3.39. The summed E-state index contributed by atoms with van der Waals surface area (Å²) in [6.45, 7) is 10.9. The van der Waals surface area contributed by atoms with Crippen LogP contribution in [0.25, 0.3) is 0 Å².